The number of carbonyl (C=O) groups excluding carboxylic acids is 1. The van der Waals surface area contributed by atoms with Gasteiger partial charge in [-0.15, -0.1) is 0 Å². The predicted octanol–water partition coefficient (Wildman–Crippen LogP) is 5.10. The molecule has 1 amide bonds. The second-order valence-corrected chi connectivity index (χ2v) is 8.54. The van der Waals surface area contributed by atoms with Crippen molar-refractivity contribution in [3.63, 3.8) is 0 Å². The van der Waals surface area contributed by atoms with Crippen molar-refractivity contribution in [3.05, 3.63) is 47.5 Å². The van der Waals surface area contributed by atoms with Crippen LogP contribution in [0.2, 0.25) is 0 Å². The minimum Gasteiger partial charge on any atom is -0.464 e. The van der Waals surface area contributed by atoms with Crippen LogP contribution >= 0.6 is 11.8 Å². The van der Waals surface area contributed by atoms with E-state index in [0.29, 0.717) is 23.4 Å². The first-order valence-electron chi connectivity index (χ1n) is 9.35. The number of thioether (sulfide) groups is 1. The van der Waals surface area contributed by atoms with Gasteiger partial charge in [-0.2, -0.15) is 13.2 Å². The van der Waals surface area contributed by atoms with Crippen molar-refractivity contribution in [1.29, 1.82) is 0 Å². The molecule has 0 saturated heterocycles. The number of alkyl halides is 3. The number of halogens is 3. The van der Waals surface area contributed by atoms with Crippen LogP contribution in [0.15, 0.2) is 39.9 Å². The Hall–Kier alpha value is -1.96. The average molecular weight is 410 g/mol. The Morgan fingerprint density at radius 2 is 2.04 bits per heavy atom. The fourth-order valence-corrected chi connectivity index (χ4v) is 3.95. The quantitative estimate of drug-likeness (QED) is 0.596. The summed E-state index contributed by atoms with van der Waals surface area (Å²) in [5.41, 5.74) is -0.790. The van der Waals surface area contributed by atoms with E-state index < -0.39 is 11.7 Å². The highest BCUT2D eigenvalue weighted by molar-refractivity contribution is 7.99. The molecule has 0 spiro atoms. The van der Waals surface area contributed by atoms with Crippen LogP contribution in [0.3, 0.4) is 0 Å². The predicted molar refractivity (Wildman–Crippen MR) is 98.8 cm³/mol. The number of rotatable bonds is 7. The molecule has 2 aromatic heterocycles. The summed E-state index contributed by atoms with van der Waals surface area (Å²) in [5, 5.41) is 0.403. The van der Waals surface area contributed by atoms with Crippen LogP contribution in [0.4, 0.5) is 13.2 Å². The van der Waals surface area contributed by atoms with E-state index in [9.17, 15) is 18.0 Å². The second kappa shape index (κ2) is 7.46. The van der Waals surface area contributed by atoms with E-state index in [0.717, 1.165) is 54.8 Å². The molecule has 8 heteroatoms. The Balaban J connectivity index is 1.34. The van der Waals surface area contributed by atoms with Crippen LogP contribution in [-0.4, -0.2) is 27.6 Å². The van der Waals surface area contributed by atoms with E-state index >= 15 is 0 Å². The summed E-state index contributed by atoms with van der Waals surface area (Å²) in [5.74, 6) is 3.03. The topological polar surface area (TPSA) is 46.3 Å². The molecule has 0 aromatic carbocycles. The Morgan fingerprint density at radius 1 is 1.29 bits per heavy atom. The third-order valence-electron chi connectivity index (χ3n) is 5.20. The SMILES string of the molecule is CC1CC1c1ccc(CN(C(=O)CSc2ccc(C(F)(F)F)cn2)C2CC2)o1. The van der Waals surface area contributed by atoms with Crippen molar-refractivity contribution < 1.29 is 22.4 Å². The maximum atomic E-state index is 12.7. The zero-order chi connectivity index (χ0) is 19.9. The first-order valence-corrected chi connectivity index (χ1v) is 10.3. The van der Waals surface area contributed by atoms with Crippen molar-refractivity contribution in [2.24, 2.45) is 5.92 Å². The minimum atomic E-state index is -4.41. The molecular formula is C20H21F3N2O2S. The third kappa shape index (κ3) is 4.54. The number of hydrogen-bond donors (Lipinski definition) is 0. The summed E-state index contributed by atoms with van der Waals surface area (Å²) < 4.78 is 43.7. The molecule has 4 nitrogen and oxygen atoms in total. The fourth-order valence-electron chi connectivity index (χ4n) is 3.22. The highest BCUT2D eigenvalue weighted by Gasteiger charge is 2.37. The zero-order valence-corrected chi connectivity index (χ0v) is 16.2. The summed E-state index contributed by atoms with van der Waals surface area (Å²) in [6, 6.07) is 6.45. The lowest BCUT2D eigenvalue weighted by Crippen LogP contribution is -2.33. The van der Waals surface area contributed by atoms with Crippen molar-refractivity contribution in [1.82, 2.24) is 9.88 Å². The molecule has 28 heavy (non-hydrogen) atoms. The summed E-state index contributed by atoms with van der Waals surface area (Å²) in [6.07, 6.45) is -0.511. The Kier molecular flexibility index (Phi) is 5.16. The molecule has 0 radical (unpaired) electrons. The molecular weight excluding hydrogens is 389 g/mol. The van der Waals surface area contributed by atoms with E-state index in [1.165, 1.54) is 6.07 Å². The molecule has 0 bridgehead atoms. The third-order valence-corrected chi connectivity index (χ3v) is 6.13. The van der Waals surface area contributed by atoms with E-state index in [1.807, 2.05) is 17.0 Å². The monoisotopic (exact) mass is 410 g/mol. The van der Waals surface area contributed by atoms with Crippen molar-refractivity contribution in [2.45, 2.75) is 55.9 Å². The van der Waals surface area contributed by atoms with Crippen molar-refractivity contribution >= 4 is 17.7 Å². The van der Waals surface area contributed by atoms with E-state index in [4.69, 9.17) is 4.42 Å². The first kappa shape index (κ1) is 19.4. The number of furan rings is 1. The van der Waals surface area contributed by atoms with Gasteiger partial charge in [0.15, 0.2) is 0 Å². The molecule has 2 unspecified atom stereocenters. The summed E-state index contributed by atoms with van der Waals surface area (Å²) in [4.78, 5) is 18.3. The van der Waals surface area contributed by atoms with Crippen LogP contribution in [-0.2, 0) is 17.5 Å². The Bertz CT molecular complexity index is 846. The van der Waals surface area contributed by atoms with Crippen LogP contribution in [0.5, 0.6) is 0 Å². The van der Waals surface area contributed by atoms with Gasteiger partial charge in [0, 0.05) is 18.2 Å². The van der Waals surface area contributed by atoms with Gasteiger partial charge < -0.3 is 9.32 Å². The summed E-state index contributed by atoms with van der Waals surface area (Å²) >= 11 is 1.15. The molecule has 2 aromatic rings. The molecule has 0 aliphatic heterocycles. The Morgan fingerprint density at radius 3 is 2.61 bits per heavy atom. The molecule has 2 heterocycles. The first-order chi connectivity index (χ1) is 13.3. The maximum Gasteiger partial charge on any atom is 0.417 e. The molecule has 4 rings (SSSR count). The molecule has 2 saturated carbocycles. The van der Waals surface area contributed by atoms with Crippen LogP contribution in [0.25, 0.3) is 0 Å². The number of amides is 1. The van der Waals surface area contributed by atoms with Gasteiger partial charge in [0.05, 0.1) is 22.9 Å². The lowest BCUT2D eigenvalue weighted by molar-refractivity contribution is -0.138. The van der Waals surface area contributed by atoms with Gasteiger partial charge in [0.25, 0.3) is 0 Å². The minimum absolute atomic E-state index is 0.0491. The van der Waals surface area contributed by atoms with Gasteiger partial charge in [0.2, 0.25) is 5.91 Å². The van der Waals surface area contributed by atoms with Crippen molar-refractivity contribution in [3.8, 4) is 0 Å². The normalized spacial score (nSPS) is 21.6. The highest BCUT2D eigenvalue weighted by Crippen LogP contribution is 2.47. The maximum absolute atomic E-state index is 12.7. The van der Waals surface area contributed by atoms with Crippen LogP contribution in [0.1, 0.15) is 49.2 Å². The van der Waals surface area contributed by atoms with Crippen LogP contribution in [0, 0.1) is 5.92 Å². The molecule has 2 atom stereocenters. The standard InChI is InChI=1S/C20H21F3N2O2S/c1-12-8-16(12)17-6-5-15(27-17)10-25(14-3-4-14)19(26)11-28-18-7-2-13(9-24-18)20(21,22)23/h2,5-7,9,12,14,16H,3-4,8,10-11H2,1H3. The highest BCUT2D eigenvalue weighted by atomic mass is 32.2. The van der Waals surface area contributed by atoms with Gasteiger partial charge >= 0.3 is 6.18 Å². The fraction of sp³-hybridized carbons (Fsp3) is 0.500. The number of aromatic nitrogens is 1. The second-order valence-electron chi connectivity index (χ2n) is 7.55. The van der Waals surface area contributed by atoms with E-state index in [-0.39, 0.29) is 17.7 Å². The number of nitrogens with zero attached hydrogens (tertiary/aromatic N) is 2. The molecule has 2 aliphatic carbocycles. The lowest BCUT2D eigenvalue weighted by Gasteiger charge is -2.21. The van der Waals surface area contributed by atoms with Gasteiger partial charge in [-0.05, 0) is 49.4 Å². The molecule has 2 aliphatic rings. The number of carbonyl (C=O) groups is 1. The molecule has 150 valence electrons. The smallest absolute Gasteiger partial charge is 0.417 e. The lowest BCUT2D eigenvalue weighted by atomic mass is 10.3. The van der Waals surface area contributed by atoms with Gasteiger partial charge in [-0.3, -0.25) is 4.79 Å². The average Bonchev–Trinajstić information content (AvgIpc) is 3.57. The van der Waals surface area contributed by atoms with Gasteiger partial charge in [-0.1, -0.05) is 18.7 Å². The van der Waals surface area contributed by atoms with E-state index in [1.54, 1.807) is 0 Å². The number of hydrogen-bond acceptors (Lipinski definition) is 4. The largest absolute Gasteiger partial charge is 0.464 e. The number of pyridine rings is 1. The summed E-state index contributed by atoms with van der Waals surface area (Å²) in [7, 11) is 0. The summed E-state index contributed by atoms with van der Waals surface area (Å²) in [6.45, 7) is 2.63. The van der Waals surface area contributed by atoms with Gasteiger partial charge in [-0.25, -0.2) is 4.98 Å². The Labute approximate surface area is 165 Å². The molecule has 0 N–H and O–H groups in total. The van der Waals surface area contributed by atoms with Crippen molar-refractivity contribution in [2.75, 3.05) is 5.75 Å². The van der Waals surface area contributed by atoms with Crippen LogP contribution < -0.4 is 0 Å². The molecule has 2 fully saturated rings. The van der Waals surface area contributed by atoms with E-state index in [2.05, 4.69) is 11.9 Å². The van der Waals surface area contributed by atoms with Gasteiger partial charge in [0.1, 0.15) is 11.5 Å². The zero-order valence-electron chi connectivity index (χ0n) is 15.4.